The molecule has 4 nitrogen and oxygen atoms in total. The van der Waals surface area contributed by atoms with Crippen molar-refractivity contribution in [2.75, 3.05) is 6.54 Å². The third-order valence-electron chi connectivity index (χ3n) is 5.31. The molecule has 132 valence electrons. The molecule has 1 aliphatic heterocycles. The number of hydrogen-bond donors (Lipinski definition) is 2. The lowest BCUT2D eigenvalue weighted by molar-refractivity contribution is 0.0925. The van der Waals surface area contributed by atoms with Crippen LogP contribution in [0.25, 0.3) is 22.5 Å². The van der Waals surface area contributed by atoms with Gasteiger partial charge in [-0.2, -0.15) is 0 Å². The van der Waals surface area contributed by atoms with Gasteiger partial charge in [0.2, 0.25) is 0 Å². The normalized spacial score (nSPS) is 19.1. The zero-order valence-electron chi connectivity index (χ0n) is 14.8. The molecule has 2 aromatic heterocycles. The molecule has 2 N–H and O–H groups in total. The zero-order valence-corrected chi connectivity index (χ0v) is 14.8. The molecule has 3 aromatic rings. The van der Waals surface area contributed by atoms with Gasteiger partial charge in [-0.3, -0.25) is 9.78 Å². The van der Waals surface area contributed by atoms with Crippen molar-refractivity contribution in [3.05, 3.63) is 65.7 Å². The number of H-pyrrole nitrogens is 1. The van der Waals surface area contributed by atoms with Crippen LogP contribution in [0.15, 0.2) is 48.7 Å². The summed E-state index contributed by atoms with van der Waals surface area (Å²) in [6.45, 7) is 4.87. The number of carbonyl (C=O) groups is 1. The summed E-state index contributed by atoms with van der Waals surface area (Å²) in [5.74, 6) is -0.363. The quantitative estimate of drug-likeness (QED) is 0.741. The van der Waals surface area contributed by atoms with E-state index in [4.69, 9.17) is 0 Å². The van der Waals surface area contributed by atoms with Gasteiger partial charge < -0.3 is 10.3 Å². The van der Waals surface area contributed by atoms with Crippen molar-refractivity contribution in [1.82, 2.24) is 15.3 Å². The van der Waals surface area contributed by atoms with E-state index in [0.717, 1.165) is 23.4 Å². The van der Waals surface area contributed by atoms with Crippen molar-refractivity contribution in [1.29, 1.82) is 0 Å². The molecule has 0 saturated carbocycles. The monoisotopic (exact) mass is 349 g/mol. The topological polar surface area (TPSA) is 57.8 Å². The fraction of sp³-hybridized carbons (Fsp3) is 0.238. The van der Waals surface area contributed by atoms with Crippen molar-refractivity contribution in [3.63, 3.8) is 0 Å². The molecule has 0 fully saturated rings. The summed E-state index contributed by atoms with van der Waals surface area (Å²) >= 11 is 0. The number of hydrogen-bond acceptors (Lipinski definition) is 2. The van der Waals surface area contributed by atoms with E-state index in [-0.39, 0.29) is 17.1 Å². The van der Waals surface area contributed by atoms with Crippen molar-refractivity contribution in [3.8, 4) is 22.5 Å². The van der Waals surface area contributed by atoms with Gasteiger partial charge in [-0.05, 0) is 36.8 Å². The fourth-order valence-electron chi connectivity index (χ4n) is 3.44. The van der Waals surface area contributed by atoms with Crippen molar-refractivity contribution in [2.24, 2.45) is 0 Å². The minimum atomic E-state index is -0.305. The molecule has 1 atom stereocenters. The van der Waals surface area contributed by atoms with Crippen LogP contribution in [0.4, 0.5) is 4.39 Å². The van der Waals surface area contributed by atoms with E-state index in [1.54, 1.807) is 24.4 Å². The maximum Gasteiger partial charge on any atom is 0.253 e. The number of aromatic nitrogens is 2. The van der Waals surface area contributed by atoms with Gasteiger partial charge in [0, 0.05) is 40.7 Å². The number of amides is 1. The highest BCUT2D eigenvalue weighted by Crippen LogP contribution is 2.35. The van der Waals surface area contributed by atoms with Crippen LogP contribution in [0, 0.1) is 5.82 Å². The molecule has 3 heterocycles. The number of carbonyl (C=O) groups excluding carboxylic acids is 1. The third kappa shape index (κ3) is 2.60. The van der Waals surface area contributed by atoms with E-state index in [0.29, 0.717) is 23.4 Å². The Morgan fingerprint density at radius 3 is 2.77 bits per heavy atom. The first-order chi connectivity index (χ1) is 12.5. The first-order valence-electron chi connectivity index (χ1n) is 8.75. The van der Waals surface area contributed by atoms with Crippen molar-refractivity contribution >= 4 is 5.91 Å². The standard InChI is InChI=1S/C21H20FN3O/c1-3-21(2)12-24-20(26)15-11-17(25-19(15)21)13-8-9-23-18(10-13)14-6-4-5-7-16(14)22/h4-11,25H,3,12H2,1-2H3,(H,24,26). The largest absolute Gasteiger partial charge is 0.357 e. The number of nitrogens with one attached hydrogen (secondary N) is 2. The summed E-state index contributed by atoms with van der Waals surface area (Å²) in [5.41, 5.74) is 4.26. The van der Waals surface area contributed by atoms with Crippen LogP contribution in [-0.4, -0.2) is 22.4 Å². The first kappa shape index (κ1) is 16.5. The predicted molar refractivity (Wildman–Crippen MR) is 99.4 cm³/mol. The summed E-state index contributed by atoms with van der Waals surface area (Å²) in [4.78, 5) is 20.0. The molecule has 26 heavy (non-hydrogen) atoms. The highest BCUT2D eigenvalue weighted by Gasteiger charge is 2.36. The van der Waals surface area contributed by atoms with Crippen LogP contribution in [-0.2, 0) is 5.41 Å². The van der Waals surface area contributed by atoms with E-state index >= 15 is 0 Å². The van der Waals surface area contributed by atoms with Crippen LogP contribution in [0.1, 0.15) is 36.3 Å². The first-order valence-corrected chi connectivity index (χ1v) is 8.75. The molecule has 0 aliphatic carbocycles. The molecule has 0 saturated heterocycles. The summed E-state index contributed by atoms with van der Waals surface area (Å²) < 4.78 is 14.1. The second-order valence-corrected chi connectivity index (χ2v) is 6.98. The predicted octanol–water partition coefficient (Wildman–Crippen LogP) is 4.29. The van der Waals surface area contributed by atoms with Gasteiger partial charge >= 0.3 is 0 Å². The van der Waals surface area contributed by atoms with Crippen molar-refractivity contribution < 1.29 is 9.18 Å². The Bertz CT molecular complexity index is 994. The Morgan fingerprint density at radius 2 is 2.00 bits per heavy atom. The minimum Gasteiger partial charge on any atom is -0.357 e. The molecule has 0 spiro atoms. The van der Waals surface area contributed by atoms with E-state index in [1.165, 1.54) is 6.07 Å². The second-order valence-electron chi connectivity index (χ2n) is 6.98. The van der Waals surface area contributed by atoms with Gasteiger partial charge in [-0.15, -0.1) is 0 Å². The lowest BCUT2D eigenvalue weighted by Crippen LogP contribution is -2.44. The number of rotatable bonds is 3. The maximum atomic E-state index is 14.1. The van der Waals surface area contributed by atoms with E-state index in [2.05, 4.69) is 29.1 Å². The number of benzene rings is 1. The average Bonchev–Trinajstić information content (AvgIpc) is 3.13. The fourth-order valence-corrected chi connectivity index (χ4v) is 3.44. The van der Waals surface area contributed by atoms with Crippen LogP contribution in [0.2, 0.25) is 0 Å². The molecular weight excluding hydrogens is 329 g/mol. The van der Waals surface area contributed by atoms with Gasteiger partial charge in [-0.25, -0.2) is 4.39 Å². The molecule has 1 aromatic carbocycles. The summed E-state index contributed by atoms with van der Waals surface area (Å²) in [6, 6.07) is 12.2. The molecule has 0 bridgehead atoms. The number of halogens is 1. The van der Waals surface area contributed by atoms with Crippen LogP contribution < -0.4 is 5.32 Å². The van der Waals surface area contributed by atoms with E-state index in [9.17, 15) is 9.18 Å². The maximum absolute atomic E-state index is 14.1. The van der Waals surface area contributed by atoms with Crippen LogP contribution in [0.5, 0.6) is 0 Å². The number of pyridine rings is 1. The van der Waals surface area contributed by atoms with Gasteiger partial charge in [0.1, 0.15) is 5.82 Å². The molecule has 4 rings (SSSR count). The minimum absolute atomic E-state index is 0.0585. The van der Waals surface area contributed by atoms with E-state index in [1.807, 2.05) is 18.2 Å². The lowest BCUT2D eigenvalue weighted by Gasteiger charge is -2.32. The van der Waals surface area contributed by atoms with Crippen molar-refractivity contribution in [2.45, 2.75) is 25.7 Å². The number of fused-ring (bicyclic) bond motifs is 1. The molecule has 5 heteroatoms. The van der Waals surface area contributed by atoms with E-state index < -0.39 is 0 Å². The van der Waals surface area contributed by atoms with Crippen LogP contribution in [0.3, 0.4) is 0 Å². The van der Waals surface area contributed by atoms with Gasteiger partial charge in [-0.1, -0.05) is 26.0 Å². The summed E-state index contributed by atoms with van der Waals surface area (Å²) in [7, 11) is 0. The highest BCUT2D eigenvalue weighted by molar-refractivity contribution is 5.98. The lowest BCUT2D eigenvalue weighted by atomic mass is 9.80. The molecular formula is C21H20FN3O. The average molecular weight is 349 g/mol. The third-order valence-corrected chi connectivity index (χ3v) is 5.31. The molecule has 1 amide bonds. The number of aromatic amines is 1. The van der Waals surface area contributed by atoms with Gasteiger partial charge in [0.15, 0.2) is 0 Å². The second kappa shape index (κ2) is 6.09. The molecule has 1 aliphatic rings. The molecule has 0 radical (unpaired) electrons. The summed E-state index contributed by atoms with van der Waals surface area (Å²) in [6.07, 6.45) is 2.58. The van der Waals surface area contributed by atoms with Gasteiger partial charge in [0.25, 0.3) is 5.91 Å². The Morgan fingerprint density at radius 1 is 1.19 bits per heavy atom. The Balaban J connectivity index is 1.81. The number of nitrogens with zero attached hydrogens (tertiary/aromatic N) is 1. The Hall–Kier alpha value is -2.95. The molecule has 1 unspecified atom stereocenters. The summed E-state index contributed by atoms with van der Waals surface area (Å²) in [5, 5.41) is 2.97. The SMILES string of the molecule is CCC1(C)CNC(=O)c2cc(-c3ccnc(-c4ccccc4F)c3)[nH]c21. The van der Waals surface area contributed by atoms with Gasteiger partial charge in [0.05, 0.1) is 11.3 Å². The zero-order chi connectivity index (χ0) is 18.3. The smallest absolute Gasteiger partial charge is 0.253 e. The highest BCUT2D eigenvalue weighted by atomic mass is 19.1. The Labute approximate surface area is 151 Å². The van der Waals surface area contributed by atoms with Crippen LogP contribution >= 0.6 is 0 Å². The Kier molecular flexibility index (Phi) is 3.87.